The van der Waals surface area contributed by atoms with Crippen molar-refractivity contribution in [2.24, 2.45) is 0 Å². The van der Waals surface area contributed by atoms with Crippen LogP contribution in [0.15, 0.2) is 36.4 Å². The normalized spacial score (nSPS) is 14.4. The first kappa shape index (κ1) is 11.3. The Labute approximate surface area is 105 Å². The van der Waals surface area contributed by atoms with Gasteiger partial charge in [0.2, 0.25) is 17.0 Å². The predicted octanol–water partition coefficient (Wildman–Crippen LogP) is -0.892. The highest BCUT2D eigenvalue weighted by molar-refractivity contribution is 5.94. The van der Waals surface area contributed by atoms with E-state index in [1.165, 1.54) is 10.9 Å². The Bertz CT molecular complexity index is 551. The number of hydrogen-bond donors (Lipinski definition) is 0. The first-order valence-electron chi connectivity index (χ1n) is 5.31. The van der Waals surface area contributed by atoms with Crippen molar-refractivity contribution < 1.29 is 26.3 Å². The lowest BCUT2D eigenvalue weighted by Crippen LogP contribution is -3.00. The first-order chi connectivity index (χ1) is 7.36. The van der Waals surface area contributed by atoms with Crippen molar-refractivity contribution in [2.75, 3.05) is 0 Å². The van der Waals surface area contributed by atoms with Crippen molar-refractivity contribution in [3.63, 3.8) is 0 Å². The number of aryl methyl sites for hydroxylation is 1. The summed E-state index contributed by atoms with van der Waals surface area (Å²) in [6.45, 7) is 0.961. The average Bonchev–Trinajstić information content (AvgIpc) is 2.29. The lowest BCUT2D eigenvalue weighted by Gasteiger charge is -2.10. The van der Waals surface area contributed by atoms with Gasteiger partial charge in [-0.2, -0.15) is 4.57 Å². The van der Waals surface area contributed by atoms with Crippen LogP contribution >= 0.6 is 0 Å². The van der Waals surface area contributed by atoms with E-state index in [1.54, 1.807) is 0 Å². The van der Waals surface area contributed by atoms with Crippen LogP contribution in [0, 0.1) is 0 Å². The van der Waals surface area contributed by atoms with Crippen LogP contribution in [-0.2, 0) is 6.54 Å². The fraction of sp³-hybridized carbons (Fsp3) is 0.231. The molecule has 1 aromatic carbocycles. The van der Waals surface area contributed by atoms with E-state index in [9.17, 15) is 4.79 Å². The van der Waals surface area contributed by atoms with Gasteiger partial charge in [-0.25, -0.2) is 0 Å². The molecule has 0 amide bonds. The van der Waals surface area contributed by atoms with E-state index < -0.39 is 0 Å². The molecule has 2 aromatic rings. The van der Waals surface area contributed by atoms with Crippen LogP contribution in [0.5, 0.6) is 0 Å². The number of hydrogen-bond acceptors (Lipinski definition) is 1. The second-order valence-electron chi connectivity index (χ2n) is 3.96. The van der Waals surface area contributed by atoms with Gasteiger partial charge >= 0.3 is 0 Å². The minimum Gasteiger partial charge on any atom is -1.00 e. The van der Waals surface area contributed by atoms with Crippen LogP contribution in [0.25, 0.3) is 10.9 Å². The number of ketones is 1. The molecule has 0 bridgehead atoms. The third-order valence-corrected chi connectivity index (χ3v) is 3.01. The van der Waals surface area contributed by atoms with Gasteiger partial charge in [-0.05, 0) is 12.1 Å². The minimum absolute atomic E-state index is 0. The summed E-state index contributed by atoms with van der Waals surface area (Å²) in [5.41, 5.74) is 2.03. The summed E-state index contributed by atoms with van der Waals surface area (Å²) in [7, 11) is 0. The van der Waals surface area contributed by atoms with Gasteiger partial charge in [-0.15, -0.1) is 0 Å². The highest BCUT2D eigenvalue weighted by Crippen LogP contribution is 2.15. The maximum atomic E-state index is 11.7. The summed E-state index contributed by atoms with van der Waals surface area (Å²) in [6, 6.07) is 12.2. The van der Waals surface area contributed by atoms with Crippen molar-refractivity contribution in [1.29, 1.82) is 0 Å². The largest absolute Gasteiger partial charge is 1.00 e. The molecular weight excluding hydrogens is 266 g/mol. The molecule has 3 rings (SSSR count). The Hall–Kier alpha value is -1.22. The number of pyridine rings is 1. The van der Waals surface area contributed by atoms with Gasteiger partial charge in [0, 0.05) is 30.4 Å². The third kappa shape index (κ3) is 1.65. The van der Waals surface area contributed by atoms with E-state index in [0.29, 0.717) is 6.42 Å². The Morgan fingerprint density at radius 1 is 1.06 bits per heavy atom. The molecule has 0 unspecified atom stereocenters. The number of aromatic nitrogens is 1. The van der Waals surface area contributed by atoms with E-state index in [-0.39, 0.29) is 22.8 Å². The van der Waals surface area contributed by atoms with Crippen molar-refractivity contribution in [2.45, 2.75) is 19.4 Å². The molecule has 2 nitrogen and oxygen atoms in total. The highest BCUT2D eigenvalue weighted by atomic mass is 79.9. The molecule has 0 saturated carbocycles. The molecular formula is C13H12BrNO. The van der Waals surface area contributed by atoms with Gasteiger partial charge in [0.15, 0.2) is 0 Å². The molecule has 0 N–H and O–H groups in total. The Balaban J connectivity index is 0.000000963. The van der Waals surface area contributed by atoms with E-state index in [2.05, 4.69) is 16.7 Å². The Morgan fingerprint density at radius 3 is 2.75 bits per heavy atom. The number of rotatable bonds is 0. The fourth-order valence-corrected chi connectivity index (χ4v) is 2.27. The lowest BCUT2D eigenvalue weighted by molar-refractivity contribution is -0.676. The summed E-state index contributed by atoms with van der Waals surface area (Å²) in [4.78, 5) is 11.7. The second-order valence-corrected chi connectivity index (χ2v) is 3.96. The fourth-order valence-electron chi connectivity index (χ4n) is 2.27. The molecule has 0 spiro atoms. The number of carbonyl (C=O) groups is 1. The zero-order valence-electron chi connectivity index (χ0n) is 8.82. The maximum Gasteiger partial charge on any atom is 0.249 e. The lowest BCUT2D eigenvalue weighted by atomic mass is 10.0. The van der Waals surface area contributed by atoms with Crippen molar-refractivity contribution in [3.05, 3.63) is 42.1 Å². The number of fused-ring (bicyclic) bond motifs is 3. The topological polar surface area (TPSA) is 20.9 Å². The predicted molar refractivity (Wildman–Crippen MR) is 57.7 cm³/mol. The molecule has 0 saturated heterocycles. The highest BCUT2D eigenvalue weighted by Gasteiger charge is 2.25. The third-order valence-electron chi connectivity index (χ3n) is 3.01. The number of Topliss-reactive ketones (excluding diaryl/α,β-unsaturated/α-hetero) is 1. The zero-order chi connectivity index (χ0) is 10.3. The summed E-state index contributed by atoms with van der Waals surface area (Å²) in [5.74, 6) is 0.270. The number of benzene rings is 1. The summed E-state index contributed by atoms with van der Waals surface area (Å²) >= 11 is 0. The van der Waals surface area contributed by atoms with Crippen LogP contribution in [-0.4, -0.2) is 5.78 Å². The first-order valence-corrected chi connectivity index (χ1v) is 5.31. The van der Waals surface area contributed by atoms with E-state index in [4.69, 9.17) is 0 Å². The Morgan fingerprint density at radius 2 is 1.88 bits per heavy atom. The van der Waals surface area contributed by atoms with Gasteiger partial charge in [-0.3, -0.25) is 4.79 Å². The Kier molecular flexibility index (Phi) is 3.06. The molecule has 1 aliphatic heterocycles. The monoisotopic (exact) mass is 277 g/mol. The van der Waals surface area contributed by atoms with Crippen LogP contribution < -0.4 is 21.5 Å². The van der Waals surface area contributed by atoms with E-state index in [0.717, 1.165) is 18.7 Å². The summed E-state index contributed by atoms with van der Waals surface area (Å²) in [6.07, 6.45) is 1.66. The number of halogens is 1. The van der Waals surface area contributed by atoms with Gasteiger partial charge in [-0.1, -0.05) is 12.1 Å². The molecule has 0 radical (unpaired) electrons. The average molecular weight is 278 g/mol. The van der Waals surface area contributed by atoms with Gasteiger partial charge in [0.1, 0.15) is 6.54 Å². The summed E-state index contributed by atoms with van der Waals surface area (Å²) in [5, 5.41) is 1.20. The number of nitrogens with zero attached hydrogens (tertiary/aromatic N) is 1. The molecule has 2 heterocycles. The molecule has 0 atom stereocenters. The molecule has 16 heavy (non-hydrogen) atoms. The number of carbonyl (C=O) groups excluding carboxylic acids is 1. The van der Waals surface area contributed by atoms with Crippen LogP contribution in [0.2, 0.25) is 0 Å². The molecule has 3 heteroatoms. The maximum absolute atomic E-state index is 11.7. The quantitative estimate of drug-likeness (QED) is 0.573. The van der Waals surface area contributed by atoms with E-state index >= 15 is 0 Å². The molecule has 1 aromatic heterocycles. The van der Waals surface area contributed by atoms with Gasteiger partial charge in [0.05, 0.1) is 0 Å². The summed E-state index contributed by atoms with van der Waals surface area (Å²) < 4.78 is 2.14. The van der Waals surface area contributed by atoms with Gasteiger partial charge < -0.3 is 17.0 Å². The minimum atomic E-state index is 0. The smallest absolute Gasteiger partial charge is 0.249 e. The second kappa shape index (κ2) is 4.34. The van der Waals surface area contributed by atoms with E-state index in [1.807, 2.05) is 24.3 Å². The van der Waals surface area contributed by atoms with Crippen molar-refractivity contribution in [3.8, 4) is 0 Å². The standard InChI is InChI=1S/C13H12NO.BrH/c15-13-6-3-9-14-11-5-2-1-4-10(11)7-8-12(13)14;/h1-2,4-5,7-8H,3,6,9H2;1H/q+1;/p-1. The van der Waals surface area contributed by atoms with Crippen molar-refractivity contribution in [1.82, 2.24) is 0 Å². The zero-order valence-corrected chi connectivity index (χ0v) is 10.4. The van der Waals surface area contributed by atoms with Crippen LogP contribution in [0.3, 0.4) is 0 Å². The number of para-hydroxylation sites is 1. The van der Waals surface area contributed by atoms with Crippen LogP contribution in [0.1, 0.15) is 23.3 Å². The molecule has 1 aliphatic rings. The SMILES string of the molecule is O=C1CCC[n+]2c1ccc1ccccc12.[Br-]. The van der Waals surface area contributed by atoms with Crippen molar-refractivity contribution >= 4 is 16.7 Å². The molecule has 0 fully saturated rings. The van der Waals surface area contributed by atoms with Gasteiger partial charge in [0.25, 0.3) is 0 Å². The molecule has 0 aliphatic carbocycles. The molecule has 82 valence electrons. The van der Waals surface area contributed by atoms with Crippen LogP contribution in [0.4, 0.5) is 0 Å².